The number of ketones is 1. The second-order valence-electron chi connectivity index (χ2n) is 15.1. The third kappa shape index (κ3) is 5.79. The van der Waals surface area contributed by atoms with Crippen molar-refractivity contribution in [2.45, 2.75) is 104 Å². The number of carbonyl (C=O) groups excluding carboxylic acids is 4. The fourth-order valence-corrected chi connectivity index (χ4v) is 10.7. The fourth-order valence-electron chi connectivity index (χ4n) is 10.7. The Hall–Kier alpha value is -3.56. The van der Waals surface area contributed by atoms with Crippen molar-refractivity contribution in [2.24, 2.45) is 46.3 Å². The predicted octanol–water partition coefficient (Wildman–Crippen LogP) is 6.00. The van der Waals surface area contributed by atoms with Crippen LogP contribution in [0.4, 0.5) is 0 Å². The average Bonchev–Trinajstić information content (AvgIpc) is 3.66. The molecule has 1 aromatic heterocycles. The van der Waals surface area contributed by atoms with E-state index in [1.807, 2.05) is 36.5 Å². The molecule has 4 fully saturated rings. The highest BCUT2D eigenvalue weighted by Gasteiger charge is 2.70. The van der Waals surface area contributed by atoms with Crippen LogP contribution in [-0.2, 0) is 33.4 Å². The zero-order valence-corrected chi connectivity index (χ0v) is 28.5. The molecule has 0 radical (unpaired) electrons. The van der Waals surface area contributed by atoms with Gasteiger partial charge in [-0.05, 0) is 74.0 Å². The van der Waals surface area contributed by atoms with Crippen LogP contribution in [0, 0.1) is 46.3 Å². The van der Waals surface area contributed by atoms with Gasteiger partial charge in [-0.25, -0.2) is 4.68 Å². The lowest BCUT2D eigenvalue weighted by Crippen LogP contribution is -2.65. The first kappa shape index (κ1) is 33.3. The van der Waals surface area contributed by atoms with Crippen LogP contribution < -0.4 is 0 Å². The topological polar surface area (TPSA) is 127 Å². The van der Waals surface area contributed by atoms with E-state index in [4.69, 9.17) is 14.2 Å². The molecule has 10 heteroatoms. The third-order valence-electron chi connectivity index (χ3n) is 12.8. The molecule has 0 spiro atoms. The van der Waals surface area contributed by atoms with Gasteiger partial charge in [0.2, 0.25) is 0 Å². The average molecular weight is 648 g/mol. The maximum atomic E-state index is 15.4. The highest BCUT2D eigenvalue weighted by molar-refractivity contribution is 5.91. The van der Waals surface area contributed by atoms with E-state index in [1.165, 1.54) is 21.0 Å². The third-order valence-corrected chi connectivity index (χ3v) is 12.8. The molecule has 1 aromatic carbocycles. The summed E-state index contributed by atoms with van der Waals surface area (Å²) < 4.78 is 18.7. The Morgan fingerprint density at radius 3 is 2.43 bits per heavy atom. The first-order valence-corrected chi connectivity index (χ1v) is 17.3. The number of aromatic nitrogens is 3. The molecule has 0 amide bonds. The number of carbonyl (C=O) groups is 4. The summed E-state index contributed by atoms with van der Waals surface area (Å²) in [7, 11) is 1.41. The van der Waals surface area contributed by atoms with Crippen molar-refractivity contribution in [3.63, 3.8) is 0 Å². The van der Waals surface area contributed by atoms with Gasteiger partial charge in [-0.2, -0.15) is 0 Å². The number of esters is 3. The number of Topliss-reactive ketones (excluding diaryl/α,β-unsaturated/α-hetero) is 1. The van der Waals surface area contributed by atoms with Gasteiger partial charge in [0.05, 0.1) is 13.3 Å². The molecule has 0 saturated heterocycles. The van der Waals surface area contributed by atoms with Gasteiger partial charge in [0.1, 0.15) is 23.9 Å². The normalized spacial score (nSPS) is 36.8. The second-order valence-corrected chi connectivity index (χ2v) is 15.1. The fraction of sp³-hybridized carbons (Fsp3) is 0.676. The lowest BCUT2D eigenvalue weighted by atomic mass is 9.42. The molecule has 254 valence electrons. The highest BCUT2D eigenvalue weighted by Crippen LogP contribution is 2.70. The molecule has 0 bridgehead atoms. The van der Waals surface area contributed by atoms with Crippen molar-refractivity contribution in [1.82, 2.24) is 15.0 Å². The minimum atomic E-state index is -0.712. The summed E-state index contributed by atoms with van der Waals surface area (Å²) in [5.41, 5.74) is 0.624. The highest BCUT2D eigenvalue weighted by atomic mass is 16.5. The van der Waals surface area contributed by atoms with Gasteiger partial charge in [-0.3, -0.25) is 19.2 Å². The lowest BCUT2D eigenvalue weighted by Gasteiger charge is -2.64. The van der Waals surface area contributed by atoms with Crippen LogP contribution in [0.25, 0.3) is 11.3 Å². The first-order chi connectivity index (χ1) is 22.4. The molecule has 11 atom stereocenters. The number of rotatable bonds is 8. The monoisotopic (exact) mass is 647 g/mol. The smallest absolute Gasteiger partial charge is 0.305 e. The van der Waals surface area contributed by atoms with E-state index in [2.05, 4.69) is 31.1 Å². The summed E-state index contributed by atoms with van der Waals surface area (Å²) in [4.78, 5) is 52.2. The maximum Gasteiger partial charge on any atom is 0.305 e. The van der Waals surface area contributed by atoms with E-state index in [0.717, 1.165) is 31.2 Å². The van der Waals surface area contributed by atoms with E-state index in [9.17, 15) is 14.4 Å². The van der Waals surface area contributed by atoms with E-state index < -0.39 is 11.5 Å². The van der Waals surface area contributed by atoms with Crippen molar-refractivity contribution < 1.29 is 33.4 Å². The van der Waals surface area contributed by atoms with Crippen LogP contribution in [0.3, 0.4) is 0 Å². The molecule has 2 aromatic rings. The SMILES string of the molecule is COC(=O)CC[C@@H](C)C1CCC2C3C([C@H](n4cc(-c5ccccc5)nn4)C(=O)[C@@]21C)[C@@]1(C)CC[C@@H](OC(C)=O)C[C@H]1C[C@H]3OC(C)=O. The number of nitrogens with zero attached hydrogens (tertiary/aromatic N) is 3. The number of fused-ring (bicyclic) bond motifs is 5. The molecule has 0 N–H and O–H groups in total. The Labute approximate surface area is 277 Å². The molecule has 6 rings (SSSR count). The standard InChI is InChI=1S/C37H49N3O7/c1-21(12-15-31(43)45-6)27-13-14-28-32-30(47-23(3)42)19-25-18-26(46-22(2)41)16-17-36(25,4)33(32)34(35(44)37(27,28)5)40-20-29(38-39-40)24-10-8-7-9-11-24/h7-11,20-21,25-28,30,32-34H,12-19H2,1-6H3/t21-,25+,26-,27?,28?,30-,32?,33?,34+,36+,37-/m1/s1. The van der Waals surface area contributed by atoms with Crippen molar-refractivity contribution in [3.05, 3.63) is 36.5 Å². The minimum absolute atomic E-state index is 0.00672. The molecule has 0 aliphatic heterocycles. The van der Waals surface area contributed by atoms with E-state index in [1.54, 1.807) is 4.68 Å². The van der Waals surface area contributed by atoms with E-state index >= 15 is 4.79 Å². The van der Waals surface area contributed by atoms with Crippen LogP contribution in [0.5, 0.6) is 0 Å². The van der Waals surface area contributed by atoms with Crippen LogP contribution in [0.15, 0.2) is 36.5 Å². The summed E-state index contributed by atoms with van der Waals surface area (Å²) in [5.74, 6) is -0.687. The van der Waals surface area contributed by atoms with Gasteiger partial charge < -0.3 is 14.2 Å². The molecule has 4 aliphatic rings. The van der Waals surface area contributed by atoms with Crippen molar-refractivity contribution >= 4 is 23.7 Å². The number of hydrogen-bond donors (Lipinski definition) is 0. The molecule has 1 heterocycles. The van der Waals surface area contributed by atoms with Crippen LogP contribution in [0.1, 0.15) is 92.0 Å². The molecule has 4 unspecified atom stereocenters. The quantitative estimate of drug-likeness (QED) is 0.251. The molecule has 47 heavy (non-hydrogen) atoms. The number of ether oxygens (including phenoxy) is 3. The van der Waals surface area contributed by atoms with Gasteiger partial charge >= 0.3 is 17.9 Å². The Balaban J connectivity index is 1.47. The minimum Gasteiger partial charge on any atom is -0.469 e. The van der Waals surface area contributed by atoms with E-state index in [-0.39, 0.29) is 76.8 Å². The molecule has 4 saturated carbocycles. The van der Waals surface area contributed by atoms with Gasteiger partial charge in [-0.15, -0.1) is 5.10 Å². The Morgan fingerprint density at radius 1 is 1.02 bits per heavy atom. The predicted molar refractivity (Wildman–Crippen MR) is 172 cm³/mol. The molecular formula is C37H49N3O7. The lowest BCUT2D eigenvalue weighted by molar-refractivity contribution is -0.207. The van der Waals surface area contributed by atoms with Crippen molar-refractivity contribution in [3.8, 4) is 11.3 Å². The van der Waals surface area contributed by atoms with Gasteiger partial charge in [-0.1, -0.05) is 56.3 Å². The van der Waals surface area contributed by atoms with Crippen LogP contribution in [0.2, 0.25) is 0 Å². The molecule has 10 nitrogen and oxygen atoms in total. The first-order valence-electron chi connectivity index (χ1n) is 17.3. The maximum absolute atomic E-state index is 15.4. The zero-order valence-electron chi connectivity index (χ0n) is 28.5. The summed E-state index contributed by atoms with van der Waals surface area (Å²) in [5, 5.41) is 9.22. The zero-order chi connectivity index (χ0) is 33.7. The van der Waals surface area contributed by atoms with Gasteiger partial charge in [0.25, 0.3) is 0 Å². The molecule has 4 aliphatic carbocycles. The van der Waals surface area contributed by atoms with E-state index in [0.29, 0.717) is 31.4 Å². The number of methoxy groups -OCH3 is 1. The van der Waals surface area contributed by atoms with Gasteiger partial charge in [0, 0.05) is 43.1 Å². The summed E-state index contributed by atoms with van der Waals surface area (Å²) in [6.45, 7) is 9.48. The summed E-state index contributed by atoms with van der Waals surface area (Å²) in [6.07, 6.45) is 6.81. The van der Waals surface area contributed by atoms with Crippen molar-refractivity contribution in [1.29, 1.82) is 0 Å². The summed E-state index contributed by atoms with van der Waals surface area (Å²) >= 11 is 0. The Bertz CT molecular complexity index is 1510. The van der Waals surface area contributed by atoms with Crippen molar-refractivity contribution in [2.75, 3.05) is 7.11 Å². The van der Waals surface area contributed by atoms with Gasteiger partial charge in [0.15, 0.2) is 5.78 Å². The van der Waals surface area contributed by atoms with Crippen LogP contribution >= 0.6 is 0 Å². The number of hydrogen-bond acceptors (Lipinski definition) is 9. The molecular weight excluding hydrogens is 598 g/mol. The van der Waals surface area contributed by atoms with Crippen LogP contribution in [-0.4, -0.2) is 58.0 Å². The second kappa shape index (κ2) is 12.8. The Morgan fingerprint density at radius 2 is 1.74 bits per heavy atom. The Kier molecular flexibility index (Phi) is 9.09. The summed E-state index contributed by atoms with van der Waals surface area (Å²) in [6, 6.07) is 9.22. The number of benzene rings is 1. The largest absolute Gasteiger partial charge is 0.469 e.